The van der Waals surface area contributed by atoms with E-state index in [0.29, 0.717) is 12.1 Å². The average molecular weight is 193 g/mol. The van der Waals surface area contributed by atoms with E-state index in [4.69, 9.17) is 10.8 Å². The fourth-order valence-corrected chi connectivity index (χ4v) is 1.18. The maximum atomic E-state index is 10.9. The minimum absolute atomic E-state index is 0.0945. The van der Waals surface area contributed by atoms with Crippen molar-refractivity contribution in [3.05, 3.63) is 35.4 Å². The molecule has 0 unspecified atom stereocenters. The van der Waals surface area contributed by atoms with Gasteiger partial charge in [0.05, 0.1) is 0 Å². The van der Waals surface area contributed by atoms with E-state index in [0.717, 1.165) is 5.56 Å². The van der Waals surface area contributed by atoms with Gasteiger partial charge in [-0.15, -0.1) is 0 Å². The second-order valence-corrected chi connectivity index (χ2v) is 2.88. The van der Waals surface area contributed by atoms with Gasteiger partial charge >= 0.3 is 5.97 Å². The molecule has 1 aromatic carbocycles. The molecule has 0 heterocycles. The number of rotatable bonds is 4. The van der Waals surface area contributed by atoms with Crippen molar-refractivity contribution in [3.8, 4) is 0 Å². The summed E-state index contributed by atoms with van der Waals surface area (Å²) >= 11 is 0. The largest absolute Gasteiger partial charge is 0.475 e. The number of Topliss-reactive ketones (excluding diaryl/α,β-unsaturated/α-hetero) is 1. The van der Waals surface area contributed by atoms with Gasteiger partial charge in [0.1, 0.15) is 0 Å². The van der Waals surface area contributed by atoms with Gasteiger partial charge < -0.3 is 10.8 Å². The fraction of sp³-hybridized carbons (Fsp3) is 0.200. The van der Waals surface area contributed by atoms with Gasteiger partial charge in [-0.2, -0.15) is 0 Å². The average Bonchev–Trinajstić information content (AvgIpc) is 2.18. The van der Waals surface area contributed by atoms with E-state index in [-0.39, 0.29) is 6.42 Å². The van der Waals surface area contributed by atoms with Crippen LogP contribution < -0.4 is 5.73 Å². The standard InChI is InChI=1S/C10H11NO3/c11-6-8-4-2-1-3-7(8)5-9(12)10(13)14/h1-4H,5-6,11H2,(H,13,14). The zero-order valence-electron chi connectivity index (χ0n) is 7.56. The minimum atomic E-state index is -1.41. The highest BCUT2D eigenvalue weighted by atomic mass is 16.4. The number of hydrogen-bond donors (Lipinski definition) is 2. The van der Waals surface area contributed by atoms with Gasteiger partial charge in [-0.25, -0.2) is 4.79 Å². The molecule has 0 saturated heterocycles. The van der Waals surface area contributed by atoms with Gasteiger partial charge in [0.2, 0.25) is 5.78 Å². The number of carbonyl (C=O) groups is 2. The first-order chi connectivity index (χ1) is 6.65. The van der Waals surface area contributed by atoms with Gasteiger partial charge in [-0.3, -0.25) is 4.79 Å². The molecule has 74 valence electrons. The van der Waals surface area contributed by atoms with Crippen molar-refractivity contribution >= 4 is 11.8 Å². The highest BCUT2D eigenvalue weighted by molar-refractivity contribution is 6.33. The van der Waals surface area contributed by atoms with Crippen LogP contribution in [0.5, 0.6) is 0 Å². The minimum Gasteiger partial charge on any atom is -0.475 e. The van der Waals surface area contributed by atoms with Gasteiger partial charge in [-0.1, -0.05) is 24.3 Å². The zero-order chi connectivity index (χ0) is 10.6. The second-order valence-electron chi connectivity index (χ2n) is 2.88. The summed E-state index contributed by atoms with van der Waals surface area (Å²) in [7, 11) is 0. The SMILES string of the molecule is NCc1ccccc1CC(=O)C(=O)O. The molecule has 0 aliphatic carbocycles. The monoisotopic (exact) mass is 193 g/mol. The highest BCUT2D eigenvalue weighted by Gasteiger charge is 2.13. The van der Waals surface area contributed by atoms with Crippen LogP contribution in [0.2, 0.25) is 0 Å². The van der Waals surface area contributed by atoms with Crippen molar-refractivity contribution < 1.29 is 14.7 Å². The quantitative estimate of drug-likeness (QED) is 0.676. The first-order valence-corrected chi connectivity index (χ1v) is 4.18. The molecule has 3 N–H and O–H groups in total. The van der Waals surface area contributed by atoms with E-state index in [1.54, 1.807) is 24.3 Å². The number of carbonyl (C=O) groups excluding carboxylic acids is 1. The number of carboxylic acids is 1. The number of ketones is 1. The number of benzene rings is 1. The van der Waals surface area contributed by atoms with Crippen LogP contribution in [0.3, 0.4) is 0 Å². The van der Waals surface area contributed by atoms with E-state index in [1.165, 1.54) is 0 Å². The Bertz CT molecular complexity index is 360. The van der Waals surface area contributed by atoms with Crippen molar-refractivity contribution in [2.75, 3.05) is 0 Å². The van der Waals surface area contributed by atoms with Crippen molar-refractivity contribution in [3.63, 3.8) is 0 Å². The molecule has 1 aromatic rings. The molecule has 0 bridgehead atoms. The molecule has 0 atom stereocenters. The summed E-state index contributed by atoms with van der Waals surface area (Å²) in [4.78, 5) is 21.3. The number of hydrogen-bond acceptors (Lipinski definition) is 3. The Balaban J connectivity index is 2.85. The van der Waals surface area contributed by atoms with Gasteiger partial charge in [0.25, 0.3) is 0 Å². The van der Waals surface area contributed by atoms with Crippen LogP contribution >= 0.6 is 0 Å². The zero-order valence-corrected chi connectivity index (χ0v) is 7.56. The van der Waals surface area contributed by atoms with Crippen molar-refractivity contribution in [1.29, 1.82) is 0 Å². The molecule has 0 aliphatic heterocycles. The first-order valence-electron chi connectivity index (χ1n) is 4.18. The van der Waals surface area contributed by atoms with E-state index in [2.05, 4.69) is 0 Å². The third-order valence-electron chi connectivity index (χ3n) is 1.93. The van der Waals surface area contributed by atoms with E-state index in [9.17, 15) is 9.59 Å². The van der Waals surface area contributed by atoms with Crippen molar-refractivity contribution in [2.24, 2.45) is 5.73 Å². The molecule has 4 heteroatoms. The Labute approximate surface area is 81.3 Å². The molecular formula is C10H11NO3. The lowest BCUT2D eigenvalue weighted by Crippen LogP contribution is -2.16. The molecular weight excluding hydrogens is 182 g/mol. The topological polar surface area (TPSA) is 80.4 Å². The Morgan fingerprint density at radius 2 is 1.79 bits per heavy atom. The van der Waals surface area contributed by atoms with Crippen LogP contribution in [-0.4, -0.2) is 16.9 Å². The predicted octanol–water partition coefficient (Wildman–Crippen LogP) is 0.341. The number of nitrogens with two attached hydrogens (primary N) is 1. The molecule has 0 radical (unpaired) electrons. The molecule has 0 aliphatic rings. The van der Waals surface area contributed by atoms with E-state index in [1.807, 2.05) is 0 Å². The third-order valence-corrected chi connectivity index (χ3v) is 1.93. The second kappa shape index (κ2) is 4.53. The number of carboxylic acid groups (broad SMARTS) is 1. The lowest BCUT2D eigenvalue weighted by atomic mass is 10.0. The van der Waals surface area contributed by atoms with Crippen LogP contribution in [0.4, 0.5) is 0 Å². The summed E-state index contributed by atoms with van der Waals surface area (Å²) in [5.74, 6) is -2.22. The predicted molar refractivity (Wildman–Crippen MR) is 50.7 cm³/mol. The Hall–Kier alpha value is -1.68. The summed E-state index contributed by atoms with van der Waals surface area (Å²) in [5.41, 5.74) is 6.93. The van der Waals surface area contributed by atoms with Gasteiger partial charge in [0, 0.05) is 13.0 Å². The molecule has 14 heavy (non-hydrogen) atoms. The summed E-state index contributed by atoms with van der Waals surface area (Å²) in [6, 6.07) is 7.05. The van der Waals surface area contributed by atoms with E-state index < -0.39 is 11.8 Å². The van der Waals surface area contributed by atoms with Crippen molar-refractivity contribution in [1.82, 2.24) is 0 Å². The normalized spacial score (nSPS) is 9.79. The molecule has 1 rings (SSSR count). The van der Waals surface area contributed by atoms with Crippen LogP contribution in [0, 0.1) is 0 Å². The first kappa shape index (κ1) is 10.4. The maximum absolute atomic E-state index is 10.9. The maximum Gasteiger partial charge on any atom is 0.372 e. The smallest absolute Gasteiger partial charge is 0.372 e. The van der Waals surface area contributed by atoms with Gasteiger partial charge in [-0.05, 0) is 11.1 Å². The summed E-state index contributed by atoms with van der Waals surface area (Å²) < 4.78 is 0. The van der Waals surface area contributed by atoms with Crippen molar-refractivity contribution in [2.45, 2.75) is 13.0 Å². The third kappa shape index (κ3) is 2.40. The van der Waals surface area contributed by atoms with Gasteiger partial charge in [0.15, 0.2) is 0 Å². The van der Waals surface area contributed by atoms with E-state index >= 15 is 0 Å². The molecule has 0 spiro atoms. The molecule has 0 aromatic heterocycles. The summed E-state index contributed by atoms with van der Waals surface area (Å²) in [6.07, 6.45) is -0.0945. The molecule has 0 saturated carbocycles. The summed E-state index contributed by atoms with van der Waals surface area (Å²) in [6.45, 7) is 0.309. The lowest BCUT2D eigenvalue weighted by Gasteiger charge is -2.04. The fourth-order valence-electron chi connectivity index (χ4n) is 1.18. The highest BCUT2D eigenvalue weighted by Crippen LogP contribution is 2.08. The molecule has 0 fully saturated rings. The number of aliphatic carboxylic acids is 1. The van der Waals surface area contributed by atoms with Crippen LogP contribution in [0.1, 0.15) is 11.1 Å². The Kier molecular flexibility index (Phi) is 3.36. The van der Waals surface area contributed by atoms with Crippen LogP contribution in [-0.2, 0) is 22.6 Å². The molecule has 4 nitrogen and oxygen atoms in total. The lowest BCUT2D eigenvalue weighted by molar-refractivity contribution is -0.148. The Morgan fingerprint density at radius 1 is 1.21 bits per heavy atom. The summed E-state index contributed by atoms with van der Waals surface area (Å²) in [5, 5.41) is 8.43. The molecule has 0 amide bonds. The van der Waals surface area contributed by atoms with Crippen LogP contribution in [0.25, 0.3) is 0 Å². The Morgan fingerprint density at radius 3 is 2.29 bits per heavy atom. The van der Waals surface area contributed by atoms with Crippen LogP contribution in [0.15, 0.2) is 24.3 Å².